The maximum atomic E-state index is 5.30. The van der Waals surface area contributed by atoms with Gasteiger partial charge in [-0.15, -0.1) is 0 Å². The minimum atomic E-state index is 0.471. The first-order valence-corrected chi connectivity index (χ1v) is 5.22. The van der Waals surface area contributed by atoms with E-state index in [1.165, 1.54) is 0 Å². The van der Waals surface area contributed by atoms with E-state index in [1.807, 2.05) is 13.1 Å². The molecule has 15 heavy (non-hydrogen) atoms. The van der Waals surface area contributed by atoms with E-state index in [0.717, 1.165) is 37.7 Å². The monoisotopic (exact) mass is 208 g/mol. The number of rotatable bonds is 3. The molecule has 0 bridgehead atoms. The molecule has 1 aliphatic heterocycles. The molecule has 5 heteroatoms. The van der Waals surface area contributed by atoms with Crippen LogP contribution in [-0.4, -0.2) is 36.3 Å². The predicted molar refractivity (Wildman–Crippen MR) is 59.0 cm³/mol. The Morgan fingerprint density at radius 3 is 2.73 bits per heavy atom. The van der Waals surface area contributed by atoms with Gasteiger partial charge in [0.25, 0.3) is 0 Å². The summed E-state index contributed by atoms with van der Waals surface area (Å²) in [5, 5.41) is 6.37. The summed E-state index contributed by atoms with van der Waals surface area (Å²) in [7, 11) is 1.85. The van der Waals surface area contributed by atoms with Crippen molar-refractivity contribution in [2.24, 2.45) is 0 Å². The van der Waals surface area contributed by atoms with E-state index in [0.29, 0.717) is 6.04 Å². The second-order valence-corrected chi connectivity index (χ2v) is 3.57. The SMILES string of the molecule is CNc1cc(NC2CCOCC2)ncn1. The normalized spacial score (nSPS) is 17.4. The van der Waals surface area contributed by atoms with Crippen LogP contribution in [-0.2, 0) is 4.74 Å². The molecule has 5 nitrogen and oxygen atoms in total. The van der Waals surface area contributed by atoms with Crippen LogP contribution < -0.4 is 10.6 Å². The lowest BCUT2D eigenvalue weighted by molar-refractivity contribution is 0.0904. The third kappa shape index (κ3) is 2.79. The van der Waals surface area contributed by atoms with E-state index in [2.05, 4.69) is 20.6 Å². The largest absolute Gasteiger partial charge is 0.381 e. The van der Waals surface area contributed by atoms with Gasteiger partial charge in [-0.25, -0.2) is 9.97 Å². The van der Waals surface area contributed by atoms with Gasteiger partial charge < -0.3 is 15.4 Å². The quantitative estimate of drug-likeness (QED) is 0.779. The van der Waals surface area contributed by atoms with Crippen molar-refractivity contribution >= 4 is 11.6 Å². The summed E-state index contributed by atoms with van der Waals surface area (Å²) in [6.45, 7) is 1.67. The van der Waals surface area contributed by atoms with Gasteiger partial charge in [-0.05, 0) is 12.8 Å². The maximum absolute atomic E-state index is 5.30. The molecule has 2 rings (SSSR count). The number of ether oxygens (including phenoxy) is 1. The topological polar surface area (TPSA) is 59.1 Å². The summed E-state index contributed by atoms with van der Waals surface area (Å²) in [6, 6.07) is 2.38. The Morgan fingerprint density at radius 1 is 1.27 bits per heavy atom. The van der Waals surface area contributed by atoms with Crippen LogP contribution in [0.15, 0.2) is 12.4 Å². The first-order chi connectivity index (χ1) is 7.38. The second kappa shape index (κ2) is 4.93. The van der Waals surface area contributed by atoms with Crippen molar-refractivity contribution < 1.29 is 4.74 Å². The Bertz CT molecular complexity index is 312. The minimum absolute atomic E-state index is 0.471. The van der Waals surface area contributed by atoms with E-state index < -0.39 is 0 Å². The molecule has 1 saturated heterocycles. The van der Waals surface area contributed by atoms with Gasteiger partial charge in [0.15, 0.2) is 0 Å². The second-order valence-electron chi connectivity index (χ2n) is 3.57. The molecule has 1 aromatic rings. The summed E-state index contributed by atoms with van der Waals surface area (Å²) < 4.78 is 5.30. The highest BCUT2D eigenvalue weighted by Crippen LogP contribution is 2.14. The summed E-state index contributed by atoms with van der Waals surface area (Å²) >= 11 is 0. The smallest absolute Gasteiger partial charge is 0.131 e. The van der Waals surface area contributed by atoms with Crippen LogP contribution in [0.4, 0.5) is 11.6 Å². The molecule has 0 aromatic carbocycles. The van der Waals surface area contributed by atoms with Crippen molar-refractivity contribution in [1.29, 1.82) is 0 Å². The van der Waals surface area contributed by atoms with Crippen LogP contribution in [0.2, 0.25) is 0 Å². The van der Waals surface area contributed by atoms with Crippen LogP contribution in [0.1, 0.15) is 12.8 Å². The van der Waals surface area contributed by atoms with Gasteiger partial charge >= 0.3 is 0 Å². The molecule has 0 amide bonds. The van der Waals surface area contributed by atoms with Crippen LogP contribution in [0, 0.1) is 0 Å². The summed E-state index contributed by atoms with van der Waals surface area (Å²) in [4.78, 5) is 8.24. The van der Waals surface area contributed by atoms with Crippen molar-refractivity contribution in [3.05, 3.63) is 12.4 Å². The molecule has 1 fully saturated rings. The van der Waals surface area contributed by atoms with Gasteiger partial charge in [0.2, 0.25) is 0 Å². The first-order valence-electron chi connectivity index (χ1n) is 5.22. The van der Waals surface area contributed by atoms with Crippen LogP contribution in [0.3, 0.4) is 0 Å². The summed E-state index contributed by atoms with van der Waals surface area (Å²) in [6.07, 6.45) is 3.64. The Morgan fingerprint density at radius 2 is 2.00 bits per heavy atom. The molecule has 0 aliphatic carbocycles. The van der Waals surface area contributed by atoms with Gasteiger partial charge in [-0.1, -0.05) is 0 Å². The van der Waals surface area contributed by atoms with Crippen LogP contribution in [0.5, 0.6) is 0 Å². The highest BCUT2D eigenvalue weighted by atomic mass is 16.5. The molecule has 0 spiro atoms. The molecular weight excluding hydrogens is 192 g/mol. The Hall–Kier alpha value is -1.36. The van der Waals surface area contributed by atoms with Gasteiger partial charge in [0, 0.05) is 32.4 Å². The Balaban J connectivity index is 1.96. The van der Waals surface area contributed by atoms with Crippen molar-refractivity contribution in [1.82, 2.24) is 9.97 Å². The molecule has 1 aromatic heterocycles. The average molecular weight is 208 g/mol. The van der Waals surface area contributed by atoms with E-state index in [4.69, 9.17) is 4.74 Å². The number of nitrogens with zero attached hydrogens (tertiary/aromatic N) is 2. The summed E-state index contributed by atoms with van der Waals surface area (Å²) in [5.74, 6) is 1.71. The zero-order chi connectivity index (χ0) is 10.5. The molecule has 0 atom stereocenters. The Kier molecular flexibility index (Phi) is 3.34. The van der Waals surface area contributed by atoms with E-state index in [-0.39, 0.29) is 0 Å². The lowest BCUT2D eigenvalue weighted by Gasteiger charge is -2.23. The van der Waals surface area contributed by atoms with Gasteiger partial charge in [-0.3, -0.25) is 0 Å². The number of anilines is 2. The fourth-order valence-corrected chi connectivity index (χ4v) is 1.62. The first kappa shape index (κ1) is 10.2. The highest BCUT2D eigenvalue weighted by molar-refractivity contribution is 5.46. The molecule has 2 heterocycles. The number of hydrogen-bond donors (Lipinski definition) is 2. The molecule has 0 radical (unpaired) electrons. The third-order valence-electron chi connectivity index (χ3n) is 2.50. The molecule has 2 N–H and O–H groups in total. The number of hydrogen-bond acceptors (Lipinski definition) is 5. The van der Waals surface area contributed by atoms with Crippen molar-refractivity contribution in [3.63, 3.8) is 0 Å². The highest BCUT2D eigenvalue weighted by Gasteiger charge is 2.13. The maximum Gasteiger partial charge on any atom is 0.131 e. The van der Waals surface area contributed by atoms with E-state index >= 15 is 0 Å². The number of aromatic nitrogens is 2. The van der Waals surface area contributed by atoms with Crippen LogP contribution >= 0.6 is 0 Å². The lowest BCUT2D eigenvalue weighted by atomic mass is 10.1. The average Bonchev–Trinajstić information content (AvgIpc) is 2.31. The molecular formula is C10H16N4O. The van der Waals surface area contributed by atoms with Crippen LogP contribution in [0.25, 0.3) is 0 Å². The predicted octanol–water partition coefficient (Wildman–Crippen LogP) is 1.11. The van der Waals surface area contributed by atoms with Gasteiger partial charge in [0.1, 0.15) is 18.0 Å². The van der Waals surface area contributed by atoms with Gasteiger partial charge in [0.05, 0.1) is 0 Å². The fourth-order valence-electron chi connectivity index (χ4n) is 1.62. The molecule has 1 aliphatic rings. The fraction of sp³-hybridized carbons (Fsp3) is 0.600. The minimum Gasteiger partial charge on any atom is -0.381 e. The van der Waals surface area contributed by atoms with E-state index in [9.17, 15) is 0 Å². The zero-order valence-corrected chi connectivity index (χ0v) is 8.86. The van der Waals surface area contributed by atoms with Crippen molar-refractivity contribution in [3.8, 4) is 0 Å². The zero-order valence-electron chi connectivity index (χ0n) is 8.86. The van der Waals surface area contributed by atoms with Gasteiger partial charge in [-0.2, -0.15) is 0 Å². The molecule has 82 valence electrons. The third-order valence-corrected chi connectivity index (χ3v) is 2.50. The molecule has 0 saturated carbocycles. The summed E-state index contributed by atoms with van der Waals surface area (Å²) in [5.41, 5.74) is 0. The van der Waals surface area contributed by atoms with Crippen molar-refractivity contribution in [2.75, 3.05) is 30.9 Å². The lowest BCUT2D eigenvalue weighted by Crippen LogP contribution is -2.28. The van der Waals surface area contributed by atoms with E-state index in [1.54, 1.807) is 6.33 Å². The van der Waals surface area contributed by atoms with Crippen molar-refractivity contribution in [2.45, 2.75) is 18.9 Å². The molecule has 0 unspecified atom stereocenters. The standard InChI is InChI=1S/C10H16N4O/c1-11-9-6-10(13-7-12-9)14-8-2-4-15-5-3-8/h6-8H,2-5H2,1H3,(H2,11,12,13,14). The number of nitrogens with one attached hydrogen (secondary N) is 2. The Labute approximate surface area is 89.3 Å².